The van der Waals surface area contributed by atoms with Crippen LogP contribution in [0.25, 0.3) is 0 Å². The van der Waals surface area contributed by atoms with E-state index in [4.69, 9.17) is 23.2 Å². The minimum Gasteiger partial charge on any atom is -0.354 e. The van der Waals surface area contributed by atoms with Gasteiger partial charge in [0.15, 0.2) is 0 Å². The van der Waals surface area contributed by atoms with Crippen LogP contribution in [0.2, 0.25) is 10.0 Å². The monoisotopic (exact) mass is 364 g/mol. The average molecular weight is 365 g/mol. The van der Waals surface area contributed by atoms with Crippen molar-refractivity contribution in [1.82, 2.24) is 9.88 Å². The van der Waals surface area contributed by atoms with E-state index < -0.39 is 0 Å². The summed E-state index contributed by atoms with van der Waals surface area (Å²) in [6, 6.07) is 8.52. The van der Waals surface area contributed by atoms with Gasteiger partial charge in [0.25, 0.3) is 5.91 Å². The molecular formula is C17H18Cl2N4O. The van der Waals surface area contributed by atoms with Crippen molar-refractivity contribution in [3.63, 3.8) is 0 Å². The molecule has 1 amide bonds. The number of piperazine rings is 1. The summed E-state index contributed by atoms with van der Waals surface area (Å²) in [6.07, 6.45) is 1.66. The third-order valence-electron chi connectivity index (χ3n) is 4.01. The summed E-state index contributed by atoms with van der Waals surface area (Å²) in [4.78, 5) is 21.3. The molecule has 7 heteroatoms. The Balaban J connectivity index is 1.73. The van der Waals surface area contributed by atoms with Gasteiger partial charge in [0, 0.05) is 43.6 Å². The summed E-state index contributed by atoms with van der Waals surface area (Å²) in [6.45, 7) is 3.78. The van der Waals surface area contributed by atoms with E-state index in [9.17, 15) is 4.79 Å². The first-order valence-electron chi connectivity index (χ1n) is 7.69. The molecule has 1 aliphatic rings. The lowest BCUT2D eigenvalue weighted by Crippen LogP contribution is -2.44. The normalized spacial score (nSPS) is 15.4. The van der Waals surface area contributed by atoms with E-state index in [0.29, 0.717) is 21.3 Å². The maximum absolute atomic E-state index is 12.5. The van der Waals surface area contributed by atoms with Gasteiger partial charge in [0.2, 0.25) is 0 Å². The van der Waals surface area contributed by atoms with Crippen LogP contribution < -0.4 is 10.2 Å². The molecule has 2 aromatic rings. The van der Waals surface area contributed by atoms with Gasteiger partial charge in [0.1, 0.15) is 5.82 Å². The summed E-state index contributed by atoms with van der Waals surface area (Å²) in [7, 11) is 2.10. The Morgan fingerprint density at radius 2 is 1.83 bits per heavy atom. The predicted molar refractivity (Wildman–Crippen MR) is 98.4 cm³/mol. The van der Waals surface area contributed by atoms with Crippen LogP contribution in [0.1, 0.15) is 10.4 Å². The Labute approximate surface area is 151 Å². The van der Waals surface area contributed by atoms with E-state index in [1.165, 1.54) is 0 Å². The summed E-state index contributed by atoms with van der Waals surface area (Å²) in [5, 5.41) is 3.69. The van der Waals surface area contributed by atoms with Gasteiger partial charge in [-0.3, -0.25) is 4.79 Å². The largest absolute Gasteiger partial charge is 0.354 e. The average Bonchev–Trinajstić information content (AvgIpc) is 2.59. The zero-order valence-electron chi connectivity index (χ0n) is 13.3. The quantitative estimate of drug-likeness (QED) is 0.906. The van der Waals surface area contributed by atoms with Crippen LogP contribution >= 0.6 is 23.2 Å². The topological polar surface area (TPSA) is 48.5 Å². The van der Waals surface area contributed by atoms with E-state index in [0.717, 1.165) is 32.0 Å². The van der Waals surface area contributed by atoms with Crippen molar-refractivity contribution >= 4 is 40.6 Å². The summed E-state index contributed by atoms with van der Waals surface area (Å²) in [5.74, 6) is 0.621. The van der Waals surface area contributed by atoms with Gasteiger partial charge in [-0.15, -0.1) is 0 Å². The molecule has 24 heavy (non-hydrogen) atoms. The number of hydrogen-bond donors (Lipinski definition) is 1. The molecule has 1 aromatic heterocycles. The highest BCUT2D eigenvalue weighted by atomic mass is 35.5. The third-order valence-corrected chi connectivity index (χ3v) is 4.75. The van der Waals surface area contributed by atoms with Crippen LogP contribution in [0.3, 0.4) is 0 Å². The first-order chi connectivity index (χ1) is 11.5. The van der Waals surface area contributed by atoms with E-state index in [1.807, 2.05) is 6.07 Å². The minimum absolute atomic E-state index is 0.203. The van der Waals surface area contributed by atoms with E-state index in [-0.39, 0.29) is 5.91 Å². The molecule has 5 nitrogen and oxygen atoms in total. The highest BCUT2D eigenvalue weighted by molar-refractivity contribution is 6.42. The van der Waals surface area contributed by atoms with Crippen molar-refractivity contribution in [3.05, 3.63) is 52.1 Å². The lowest BCUT2D eigenvalue weighted by atomic mass is 10.2. The van der Waals surface area contributed by atoms with Crippen molar-refractivity contribution < 1.29 is 4.79 Å². The summed E-state index contributed by atoms with van der Waals surface area (Å²) < 4.78 is 0. The van der Waals surface area contributed by atoms with Crippen LogP contribution in [0, 0.1) is 0 Å². The Morgan fingerprint density at radius 1 is 1.08 bits per heavy atom. The van der Waals surface area contributed by atoms with Crippen LogP contribution in [-0.2, 0) is 0 Å². The Bertz CT molecular complexity index is 745. The molecule has 0 saturated carbocycles. The number of anilines is 2. The lowest BCUT2D eigenvalue weighted by Gasteiger charge is -2.33. The summed E-state index contributed by atoms with van der Waals surface area (Å²) >= 11 is 11.9. The molecular weight excluding hydrogens is 347 g/mol. The van der Waals surface area contributed by atoms with Gasteiger partial charge in [-0.25, -0.2) is 4.98 Å². The number of halogens is 2. The molecule has 3 rings (SSSR count). The van der Waals surface area contributed by atoms with E-state index in [1.54, 1.807) is 30.5 Å². The molecule has 126 valence electrons. The lowest BCUT2D eigenvalue weighted by molar-refractivity contribution is 0.102. The number of amides is 1. The zero-order valence-corrected chi connectivity index (χ0v) is 14.8. The number of pyridine rings is 1. The fourth-order valence-corrected chi connectivity index (χ4v) is 2.84. The second-order valence-electron chi connectivity index (χ2n) is 5.78. The van der Waals surface area contributed by atoms with Gasteiger partial charge < -0.3 is 15.1 Å². The molecule has 0 unspecified atom stereocenters. The predicted octanol–water partition coefficient (Wildman–Crippen LogP) is 3.39. The summed E-state index contributed by atoms with van der Waals surface area (Å²) in [5.41, 5.74) is 1.16. The van der Waals surface area contributed by atoms with Gasteiger partial charge in [-0.2, -0.15) is 0 Å². The molecule has 0 spiro atoms. The standard InChI is InChI=1S/C17H18Cl2N4O/c1-22-6-8-23(9-7-22)16-10-12(4-5-20-16)17(24)21-13-2-3-14(18)15(19)11-13/h2-5,10-11H,6-9H2,1H3,(H,21,24). The second-order valence-corrected chi connectivity index (χ2v) is 6.59. The fraction of sp³-hybridized carbons (Fsp3) is 0.294. The molecule has 1 N–H and O–H groups in total. The number of aromatic nitrogens is 1. The molecule has 0 aliphatic carbocycles. The van der Waals surface area contributed by atoms with Gasteiger partial charge in [0.05, 0.1) is 10.0 Å². The van der Waals surface area contributed by atoms with Crippen LogP contribution in [0.5, 0.6) is 0 Å². The number of carbonyl (C=O) groups excluding carboxylic acids is 1. The Hall–Kier alpha value is -1.82. The Kier molecular flexibility index (Phi) is 5.23. The first kappa shape index (κ1) is 17.0. The molecule has 0 radical (unpaired) electrons. The van der Waals surface area contributed by atoms with Crippen LogP contribution in [0.4, 0.5) is 11.5 Å². The molecule has 1 saturated heterocycles. The molecule has 1 fully saturated rings. The van der Waals surface area contributed by atoms with Crippen molar-refractivity contribution in [3.8, 4) is 0 Å². The number of nitrogens with zero attached hydrogens (tertiary/aromatic N) is 3. The number of benzene rings is 1. The first-order valence-corrected chi connectivity index (χ1v) is 8.44. The molecule has 2 heterocycles. The maximum Gasteiger partial charge on any atom is 0.255 e. The SMILES string of the molecule is CN1CCN(c2cc(C(=O)Nc3ccc(Cl)c(Cl)c3)ccn2)CC1. The number of carbonyl (C=O) groups is 1. The van der Waals surface area contributed by atoms with Gasteiger partial charge in [-0.05, 0) is 37.4 Å². The molecule has 0 bridgehead atoms. The number of likely N-dealkylation sites (N-methyl/N-ethyl adjacent to an activating group) is 1. The maximum atomic E-state index is 12.5. The third kappa shape index (κ3) is 3.98. The minimum atomic E-state index is -0.203. The molecule has 1 aliphatic heterocycles. The highest BCUT2D eigenvalue weighted by Crippen LogP contribution is 2.25. The van der Waals surface area contributed by atoms with Crippen molar-refractivity contribution in [2.45, 2.75) is 0 Å². The number of hydrogen-bond acceptors (Lipinski definition) is 4. The highest BCUT2D eigenvalue weighted by Gasteiger charge is 2.17. The van der Waals surface area contributed by atoms with E-state index in [2.05, 4.69) is 27.1 Å². The Morgan fingerprint density at radius 3 is 2.54 bits per heavy atom. The number of rotatable bonds is 3. The van der Waals surface area contributed by atoms with Gasteiger partial charge >= 0.3 is 0 Å². The van der Waals surface area contributed by atoms with Crippen molar-refractivity contribution in [1.29, 1.82) is 0 Å². The smallest absolute Gasteiger partial charge is 0.255 e. The van der Waals surface area contributed by atoms with Crippen LogP contribution in [0.15, 0.2) is 36.5 Å². The fourth-order valence-electron chi connectivity index (χ4n) is 2.55. The van der Waals surface area contributed by atoms with Gasteiger partial charge in [-0.1, -0.05) is 23.2 Å². The van der Waals surface area contributed by atoms with Crippen molar-refractivity contribution in [2.24, 2.45) is 0 Å². The van der Waals surface area contributed by atoms with Crippen molar-refractivity contribution in [2.75, 3.05) is 43.4 Å². The molecule has 1 aromatic carbocycles. The van der Waals surface area contributed by atoms with Crippen LogP contribution in [-0.4, -0.2) is 49.0 Å². The zero-order chi connectivity index (χ0) is 17.1. The number of nitrogens with one attached hydrogen (secondary N) is 1. The second kappa shape index (κ2) is 7.38. The van der Waals surface area contributed by atoms with E-state index >= 15 is 0 Å². The molecule has 0 atom stereocenters.